The summed E-state index contributed by atoms with van der Waals surface area (Å²) in [5, 5.41) is 0. The fourth-order valence-electron chi connectivity index (χ4n) is 0.635. The molecule has 0 saturated carbocycles. The fourth-order valence-corrected chi connectivity index (χ4v) is 1.24. The lowest BCUT2D eigenvalue weighted by molar-refractivity contribution is -0.0384. The van der Waals surface area contributed by atoms with Crippen LogP contribution >= 0.6 is 0 Å². The van der Waals surface area contributed by atoms with Gasteiger partial charge >= 0.3 is 5.51 Å². The van der Waals surface area contributed by atoms with E-state index in [4.69, 9.17) is 5.73 Å². The van der Waals surface area contributed by atoms with Gasteiger partial charge in [-0.15, -0.1) is 0 Å². The van der Waals surface area contributed by atoms with Crippen molar-refractivity contribution in [2.45, 2.75) is 10.4 Å². The Bertz CT molecular complexity index is 322. The van der Waals surface area contributed by atoms with Crippen LogP contribution < -0.4 is 5.73 Å². The van der Waals surface area contributed by atoms with Crippen LogP contribution in [0.25, 0.3) is 0 Å². The van der Waals surface area contributed by atoms with Gasteiger partial charge in [0.2, 0.25) is 0 Å². The fraction of sp³-hybridized carbons (Fsp3) is 0.167. The number of alkyl halides is 3. The first-order valence-corrected chi connectivity index (χ1v) is 4.26. The van der Waals surface area contributed by atoms with E-state index in [2.05, 4.69) is 4.98 Å². The smallest absolute Gasteiger partial charge is 0.384 e. The molecule has 0 aliphatic rings. The number of rotatable bonds is 1. The molecule has 0 aliphatic heterocycles. The predicted molar refractivity (Wildman–Crippen MR) is 41.1 cm³/mol. The first-order valence-electron chi connectivity index (χ1n) is 3.11. The number of anilines is 1. The summed E-state index contributed by atoms with van der Waals surface area (Å²) in [6.45, 7) is 0. The molecule has 2 N–H and O–H groups in total. The second kappa shape index (κ2) is 3.33. The van der Waals surface area contributed by atoms with Crippen LogP contribution in [0.5, 0.6) is 0 Å². The molecular formula is C6H5F3N2OS. The lowest BCUT2D eigenvalue weighted by Gasteiger charge is -2.04. The molecular weight excluding hydrogens is 205 g/mol. The zero-order valence-corrected chi connectivity index (χ0v) is 7.02. The third-order valence-electron chi connectivity index (χ3n) is 1.18. The molecule has 0 aliphatic carbocycles. The van der Waals surface area contributed by atoms with Crippen molar-refractivity contribution in [2.75, 3.05) is 5.73 Å². The first-order chi connectivity index (χ1) is 5.91. The first kappa shape index (κ1) is 9.97. The third kappa shape index (κ3) is 2.41. The molecule has 0 amide bonds. The number of halogens is 3. The molecule has 1 aromatic rings. The largest absolute Gasteiger partial charge is 0.475 e. The highest BCUT2D eigenvalue weighted by atomic mass is 32.2. The number of hydrogen-bond donors (Lipinski definition) is 1. The molecule has 3 nitrogen and oxygen atoms in total. The summed E-state index contributed by atoms with van der Waals surface area (Å²) in [4.78, 5) is 3.00. The van der Waals surface area contributed by atoms with E-state index in [0.29, 0.717) is 0 Å². The van der Waals surface area contributed by atoms with Gasteiger partial charge in [-0.05, 0) is 12.1 Å². The molecule has 1 aromatic heterocycles. The van der Waals surface area contributed by atoms with Crippen molar-refractivity contribution < 1.29 is 17.4 Å². The van der Waals surface area contributed by atoms with E-state index in [1.165, 1.54) is 6.07 Å². The zero-order valence-electron chi connectivity index (χ0n) is 6.21. The summed E-state index contributed by atoms with van der Waals surface area (Å²) in [7, 11) is -3.03. The summed E-state index contributed by atoms with van der Waals surface area (Å²) in [5.41, 5.74) is 0.392. The van der Waals surface area contributed by atoms with Crippen molar-refractivity contribution in [1.29, 1.82) is 0 Å². The molecule has 1 heterocycles. The van der Waals surface area contributed by atoms with E-state index in [1.807, 2.05) is 0 Å². The molecule has 1 atom stereocenters. The molecule has 0 aromatic carbocycles. The van der Waals surface area contributed by atoms with Crippen LogP contribution in [0.3, 0.4) is 0 Å². The van der Waals surface area contributed by atoms with Crippen LogP contribution in [0, 0.1) is 0 Å². The minimum atomic E-state index is -4.75. The second-order valence-electron chi connectivity index (χ2n) is 2.13. The Hall–Kier alpha value is -1.11. The number of pyridine rings is 1. The molecule has 0 bridgehead atoms. The number of nitrogen functional groups attached to an aromatic ring is 1. The molecule has 0 fully saturated rings. The van der Waals surface area contributed by atoms with Crippen molar-refractivity contribution in [1.82, 2.24) is 4.98 Å². The van der Waals surface area contributed by atoms with Crippen LogP contribution in [-0.2, 0) is 10.8 Å². The molecule has 0 unspecified atom stereocenters. The van der Waals surface area contributed by atoms with Gasteiger partial charge in [0.1, 0.15) is 5.82 Å². The molecule has 7 heteroatoms. The lowest BCUT2D eigenvalue weighted by Crippen LogP contribution is -2.16. The molecule has 0 spiro atoms. The maximum atomic E-state index is 11.9. The van der Waals surface area contributed by atoms with E-state index < -0.39 is 21.2 Å². The van der Waals surface area contributed by atoms with Crippen molar-refractivity contribution in [2.24, 2.45) is 0 Å². The highest BCUT2D eigenvalue weighted by molar-refractivity contribution is 7.86. The van der Waals surface area contributed by atoms with Crippen LogP contribution in [0.15, 0.2) is 23.2 Å². The van der Waals surface area contributed by atoms with Crippen molar-refractivity contribution in [3.05, 3.63) is 18.3 Å². The van der Waals surface area contributed by atoms with Gasteiger partial charge < -0.3 is 5.73 Å². The average Bonchev–Trinajstić information content (AvgIpc) is 2.03. The van der Waals surface area contributed by atoms with Crippen molar-refractivity contribution >= 4 is 16.6 Å². The number of nitrogens with two attached hydrogens (primary N) is 1. The number of nitrogens with zero attached hydrogens (tertiary/aromatic N) is 1. The zero-order chi connectivity index (χ0) is 10.1. The van der Waals surface area contributed by atoms with Gasteiger partial charge in [0.15, 0.2) is 10.8 Å². The van der Waals surface area contributed by atoms with Crippen LogP contribution in [0.1, 0.15) is 0 Å². The Morgan fingerprint density at radius 1 is 1.38 bits per heavy atom. The quantitative estimate of drug-likeness (QED) is 0.759. The maximum Gasteiger partial charge on any atom is 0.475 e. The lowest BCUT2D eigenvalue weighted by atomic mass is 10.5. The summed E-state index contributed by atoms with van der Waals surface area (Å²) in [6, 6.07) is 2.20. The Morgan fingerprint density at radius 3 is 2.38 bits per heavy atom. The summed E-state index contributed by atoms with van der Waals surface area (Å²) < 4.78 is 46.3. The minimum Gasteiger partial charge on any atom is -0.384 e. The standard InChI is InChI=1S/C6H5F3N2OS/c7-6(8,9)13(12)4-1-2-5(10)11-3-4/h1-3H,(H2,10,11)/t13-/m0/s1. The summed E-state index contributed by atoms with van der Waals surface area (Å²) >= 11 is 0. The monoisotopic (exact) mass is 210 g/mol. The molecule has 13 heavy (non-hydrogen) atoms. The molecule has 0 radical (unpaired) electrons. The van der Waals surface area contributed by atoms with E-state index in [1.54, 1.807) is 0 Å². The highest BCUT2D eigenvalue weighted by Gasteiger charge is 2.38. The molecule has 72 valence electrons. The van der Waals surface area contributed by atoms with E-state index >= 15 is 0 Å². The van der Waals surface area contributed by atoms with Crippen LogP contribution in [0.2, 0.25) is 0 Å². The van der Waals surface area contributed by atoms with Crippen molar-refractivity contribution in [3.8, 4) is 0 Å². The Kier molecular flexibility index (Phi) is 2.55. The third-order valence-corrected chi connectivity index (χ3v) is 2.27. The van der Waals surface area contributed by atoms with Gasteiger partial charge in [-0.3, -0.25) is 0 Å². The Labute approximate surface area is 74.2 Å². The second-order valence-corrected chi connectivity index (χ2v) is 3.61. The van der Waals surface area contributed by atoms with E-state index in [9.17, 15) is 17.4 Å². The average molecular weight is 210 g/mol. The SMILES string of the molecule is Nc1ccc([S@](=O)C(F)(F)F)cn1. The predicted octanol–water partition coefficient (Wildman–Crippen LogP) is 1.29. The number of hydrogen-bond acceptors (Lipinski definition) is 3. The highest BCUT2D eigenvalue weighted by Crippen LogP contribution is 2.25. The van der Waals surface area contributed by atoms with E-state index in [-0.39, 0.29) is 5.82 Å². The van der Waals surface area contributed by atoms with Crippen molar-refractivity contribution in [3.63, 3.8) is 0 Å². The Morgan fingerprint density at radius 2 is 2.00 bits per heavy atom. The van der Waals surface area contributed by atoms with Gasteiger partial charge in [-0.1, -0.05) is 0 Å². The normalized spacial score (nSPS) is 14.1. The topological polar surface area (TPSA) is 56.0 Å². The summed E-state index contributed by atoms with van der Waals surface area (Å²) in [5.74, 6) is 0.0860. The van der Waals surface area contributed by atoms with Gasteiger partial charge in [0.05, 0.1) is 4.90 Å². The Balaban J connectivity index is 2.97. The van der Waals surface area contributed by atoms with Gasteiger partial charge in [0, 0.05) is 6.20 Å². The number of aromatic nitrogens is 1. The van der Waals surface area contributed by atoms with Gasteiger partial charge in [0.25, 0.3) is 0 Å². The van der Waals surface area contributed by atoms with E-state index in [0.717, 1.165) is 12.3 Å². The maximum absolute atomic E-state index is 11.9. The molecule has 1 rings (SSSR count). The van der Waals surface area contributed by atoms with Gasteiger partial charge in [-0.25, -0.2) is 9.19 Å². The minimum absolute atomic E-state index is 0.0860. The van der Waals surface area contributed by atoms with Gasteiger partial charge in [-0.2, -0.15) is 13.2 Å². The summed E-state index contributed by atoms with van der Waals surface area (Å²) in [6.07, 6.45) is 0.846. The van der Waals surface area contributed by atoms with Crippen LogP contribution in [-0.4, -0.2) is 14.7 Å². The van der Waals surface area contributed by atoms with Crippen LogP contribution in [0.4, 0.5) is 19.0 Å². The molecule has 0 saturated heterocycles.